The molecule has 0 amide bonds. The SMILES string of the molecule is CC1(CO)CCc2c(C#N)cc(-c3ccnc(Nc4cc(C(F)(F)F)ccc4OCCO)n3)cc21. The van der Waals surface area contributed by atoms with Crippen molar-refractivity contribution >= 4 is 11.6 Å². The van der Waals surface area contributed by atoms with Gasteiger partial charge in [0.1, 0.15) is 12.4 Å². The van der Waals surface area contributed by atoms with Crippen LogP contribution in [-0.2, 0) is 18.0 Å². The van der Waals surface area contributed by atoms with E-state index in [1.807, 2.05) is 13.0 Å². The normalized spacial score (nSPS) is 17.1. The molecule has 0 saturated carbocycles. The number of benzene rings is 2. The van der Waals surface area contributed by atoms with Gasteiger partial charge in [-0.3, -0.25) is 0 Å². The number of rotatable bonds is 7. The number of nitrogens with zero attached hydrogens (tertiary/aromatic N) is 3. The average Bonchev–Trinajstić information content (AvgIpc) is 3.19. The summed E-state index contributed by atoms with van der Waals surface area (Å²) in [6, 6.07) is 10.4. The molecular formula is C25H23F3N4O3. The molecule has 0 fully saturated rings. The van der Waals surface area contributed by atoms with Gasteiger partial charge in [0.25, 0.3) is 0 Å². The van der Waals surface area contributed by atoms with Crippen LogP contribution in [-0.4, -0.2) is 40.0 Å². The molecule has 0 spiro atoms. The molecule has 10 heteroatoms. The highest BCUT2D eigenvalue weighted by Gasteiger charge is 2.36. The van der Waals surface area contributed by atoms with E-state index in [0.29, 0.717) is 23.2 Å². The van der Waals surface area contributed by atoms with Gasteiger partial charge in [-0.05, 0) is 60.4 Å². The van der Waals surface area contributed by atoms with Gasteiger partial charge in [0.2, 0.25) is 5.95 Å². The molecule has 35 heavy (non-hydrogen) atoms. The van der Waals surface area contributed by atoms with Crippen molar-refractivity contribution in [1.29, 1.82) is 5.26 Å². The van der Waals surface area contributed by atoms with Crippen LogP contribution in [0.5, 0.6) is 5.75 Å². The maximum Gasteiger partial charge on any atom is 0.416 e. The van der Waals surface area contributed by atoms with Crippen molar-refractivity contribution in [2.75, 3.05) is 25.1 Å². The summed E-state index contributed by atoms with van der Waals surface area (Å²) in [7, 11) is 0. The molecule has 2 aromatic carbocycles. The van der Waals surface area contributed by atoms with Crippen molar-refractivity contribution in [1.82, 2.24) is 9.97 Å². The zero-order chi connectivity index (χ0) is 25.2. The van der Waals surface area contributed by atoms with Gasteiger partial charge in [-0.1, -0.05) is 6.92 Å². The molecule has 1 aliphatic rings. The van der Waals surface area contributed by atoms with Crippen LogP contribution in [0.1, 0.15) is 35.6 Å². The zero-order valence-electron chi connectivity index (χ0n) is 18.9. The van der Waals surface area contributed by atoms with Crippen LogP contribution in [0, 0.1) is 11.3 Å². The van der Waals surface area contributed by atoms with Crippen LogP contribution in [0.25, 0.3) is 11.3 Å². The van der Waals surface area contributed by atoms with Crippen LogP contribution >= 0.6 is 0 Å². The van der Waals surface area contributed by atoms with Crippen LogP contribution in [0.15, 0.2) is 42.6 Å². The summed E-state index contributed by atoms with van der Waals surface area (Å²) in [4.78, 5) is 8.57. The fourth-order valence-electron chi connectivity index (χ4n) is 4.21. The number of fused-ring (bicyclic) bond motifs is 1. The van der Waals surface area contributed by atoms with Crippen molar-refractivity contribution in [3.63, 3.8) is 0 Å². The molecule has 1 aromatic heterocycles. The topological polar surface area (TPSA) is 111 Å². The van der Waals surface area contributed by atoms with E-state index >= 15 is 0 Å². The van der Waals surface area contributed by atoms with Crippen LogP contribution in [0.3, 0.4) is 0 Å². The summed E-state index contributed by atoms with van der Waals surface area (Å²) in [6.45, 7) is 1.48. The molecule has 3 N–H and O–H groups in total. The van der Waals surface area contributed by atoms with E-state index in [9.17, 15) is 23.5 Å². The van der Waals surface area contributed by atoms with Gasteiger partial charge in [0, 0.05) is 17.2 Å². The molecule has 1 unspecified atom stereocenters. The highest BCUT2D eigenvalue weighted by Crippen LogP contribution is 2.42. The number of halogens is 3. The number of hydrogen-bond acceptors (Lipinski definition) is 7. The number of aliphatic hydroxyl groups is 2. The lowest BCUT2D eigenvalue weighted by atomic mass is 9.83. The standard InChI is InChI=1S/C25H23F3N4O3/c1-24(14-34)6-4-18-16(13-29)10-15(11-19(18)24)20-5-7-30-23(31-20)32-21-12-17(25(26,27)28)2-3-22(21)35-9-8-33/h2-3,5,7,10-12,33-34H,4,6,8-9,14H2,1H3,(H,30,31,32). The van der Waals surface area contributed by atoms with E-state index in [1.54, 1.807) is 12.1 Å². The Bertz CT molecular complexity index is 1290. The van der Waals surface area contributed by atoms with E-state index < -0.39 is 17.2 Å². The Morgan fingerprint density at radius 2 is 2.00 bits per heavy atom. The van der Waals surface area contributed by atoms with Crippen molar-refractivity contribution in [2.45, 2.75) is 31.4 Å². The molecule has 0 aliphatic heterocycles. The second-order valence-electron chi connectivity index (χ2n) is 8.55. The Balaban J connectivity index is 1.72. The molecule has 4 rings (SSSR count). The minimum Gasteiger partial charge on any atom is -0.489 e. The summed E-state index contributed by atoms with van der Waals surface area (Å²) in [6.07, 6.45) is -1.69. The molecule has 1 heterocycles. The zero-order valence-corrected chi connectivity index (χ0v) is 18.9. The molecule has 0 bridgehead atoms. The quantitative estimate of drug-likeness (QED) is 0.457. The van der Waals surface area contributed by atoms with Crippen molar-refractivity contribution in [3.8, 4) is 23.1 Å². The monoisotopic (exact) mass is 484 g/mol. The largest absolute Gasteiger partial charge is 0.489 e. The minimum atomic E-state index is -4.56. The first-order valence-electron chi connectivity index (χ1n) is 10.9. The van der Waals surface area contributed by atoms with Gasteiger partial charge in [-0.2, -0.15) is 18.4 Å². The number of hydrogen-bond donors (Lipinski definition) is 3. The predicted octanol–water partition coefficient (Wildman–Crippen LogP) is 4.34. The molecule has 1 atom stereocenters. The molecule has 1 aliphatic carbocycles. The molecule has 7 nitrogen and oxygen atoms in total. The van der Waals surface area contributed by atoms with E-state index in [1.165, 1.54) is 12.3 Å². The third-order valence-electron chi connectivity index (χ3n) is 6.15. The van der Waals surface area contributed by atoms with Crippen molar-refractivity contribution in [2.24, 2.45) is 0 Å². The Hall–Kier alpha value is -3.68. The molecule has 182 valence electrons. The summed E-state index contributed by atoms with van der Waals surface area (Å²) in [5.41, 5.74) is 2.03. The van der Waals surface area contributed by atoms with Crippen molar-refractivity contribution < 1.29 is 28.1 Å². The minimum absolute atomic E-state index is 0.00931. The predicted molar refractivity (Wildman–Crippen MR) is 122 cm³/mol. The summed E-state index contributed by atoms with van der Waals surface area (Å²) >= 11 is 0. The van der Waals surface area contributed by atoms with Gasteiger partial charge in [-0.25, -0.2) is 9.97 Å². The third-order valence-corrected chi connectivity index (χ3v) is 6.15. The van der Waals surface area contributed by atoms with Crippen molar-refractivity contribution in [3.05, 3.63) is 64.8 Å². The number of anilines is 2. The summed E-state index contributed by atoms with van der Waals surface area (Å²) in [5.74, 6) is 0.128. The fourth-order valence-corrected chi connectivity index (χ4v) is 4.21. The maximum atomic E-state index is 13.3. The number of nitriles is 1. The average molecular weight is 484 g/mol. The Kier molecular flexibility index (Phi) is 6.65. The Labute approximate surface area is 199 Å². The first-order valence-corrected chi connectivity index (χ1v) is 10.9. The number of aliphatic hydroxyl groups excluding tert-OH is 2. The summed E-state index contributed by atoms with van der Waals surface area (Å²) in [5, 5.41) is 31.4. The van der Waals surface area contributed by atoms with Crippen LogP contribution in [0.4, 0.5) is 24.8 Å². The lowest BCUT2D eigenvalue weighted by Gasteiger charge is -2.23. The van der Waals surface area contributed by atoms with Gasteiger partial charge in [-0.15, -0.1) is 0 Å². The van der Waals surface area contributed by atoms with Crippen LogP contribution in [0.2, 0.25) is 0 Å². The number of nitrogens with one attached hydrogen (secondary N) is 1. The lowest BCUT2D eigenvalue weighted by Crippen LogP contribution is -2.23. The fraction of sp³-hybridized carbons (Fsp3) is 0.320. The molecule has 0 radical (unpaired) electrons. The van der Waals surface area contributed by atoms with E-state index in [0.717, 1.165) is 29.7 Å². The lowest BCUT2D eigenvalue weighted by molar-refractivity contribution is -0.137. The number of aromatic nitrogens is 2. The molecular weight excluding hydrogens is 461 g/mol. The molecule has 0 saturated heterocycles. The smallest absolute Gasteiger partial charge is 0.416 e. The van der Waals surface area contributed by atoms with E-state index in [4.69, 9.17) is 9.84 Å². The first-order chi connectivity index (χ1) is 16.7. The van der Waals surface area contributed by atoms with Gasteiger partial charge < -0.3 is 20.3 Å². The first kappa shape index (κ1) is 24.4. The second-order valence-corrected chi connectivity index (χ2v) is 8.55. The molecule has 3 aromatic rings. The summed E-state index contributed by atoms with van der Waals surface area (Å²) < 4.78 is 45.2. The number of alkyl halides is 3. The highest BCUT2D eigenvalue weighted by atomic mass is 19.4. The maximum absolute atomic E-state index is 13.3. The Morgan fingerprint density at radius 1 is 1.20 bits per heavy atom. The second kappa shape index (κ2) is 9.52. The third kappa shape index (κ3) is 4.92. The van der Waals surface area contributed by atoms with E-state index in [2.05, 4.69) is 21.4 Å². The van der Waals surface area contributed by atoms with E-state index in [-0.39, 0.29) is 37.2 Å². The van der Waals surface area contributed by atoms with Crippen LogP contribution < -0.4 is 10.1 Å². The van der Waals surface area contributed by atoms with Gasteiger partial charge in [0.15, 0.2) is 0 Å². The highest BCUT2D eigenvalue weighted by molar-refractivity contribution is 5.69. The Morgan fingerprint density at radius 3 is 2.69 bits per heavy atom. The van der Waals surface area contributed by atoms with Gasteiger partial charge >= 0.3 is 6.18 Å². The number of ether oxygens (including phenoxy) is 1. The van der Waals surface area contributed by atoms with Gasteiger partial charge in [0.05, 0.1) is 41.8 Å².